The third-order valence-corrected chi connectivity index (χ3v) is 2.75. The Bertz CT molecular complexity index is 512. The molecule has 1 aliphatic rings. The number of carbonyl (C=O) groups is 1. The van der Waals surface area contributed by atoms with Crippen molar-refractivity contribution in [3.05, 3.63) is 29.6 Å². The van der Waals surface area contributed by atoms with Crippen molar-refractivity contribution in [1.82, 2.24) is 0 Å². The van der Waals surface area contributed by atoms with Gasteiger partial charge in [0, 0.05) is 12.1 Å². The van der Waals surface area contributed by atoms with Crippen molar-refractivity contribution < 1.29 is 9.18 Å². The van der Waals surface area contributed by atoms with Gasteiger partial charge in [-0.3, -0.25) is 4.79 Å². The van der Waals surface area contributed by atoms with Crippen molar-refractivity contribution in [2.45, 2.75) is 19.3 Å². The quantitative estimate of drug-likeness (QED) is 0.800. The number of anilines is 1. The van der Waals surface area contributed by atoms with E-state index in [0.717, 1.165) is 12.8 Å². The third-order valence-electron chi connectivity index (χ3n) is 2.75. The first-order chi connectivity index (χ1) is 8.69. The van der Waals surface area contributed by atoms with Crippen molar-refractivity contribution in [3.63, 3.8) is 0 Å². The van der Waals surface area contributed by atoms with E-state index in [2.05, 4.69) is 17.2 Å². The molecule has 0 aliphatic heterocycles. The Labute approximate surface area is 106 Å². The molecule has 0 radical (unpaired) electrons. The highest BCUT2D eigenvalue weighted by molar-refractivity contribution is 5.91. The SMILES string of the molecule is NCC#Cc1cc(NC(=O)CC2CC2)ccc1F. The summed E-state index contributed by atoms with van der Waals surface area (Å²) < 4.78 is 13.4. The van der Waals surface area contributed by atoms with Crippen LogP contribution in [0.2, 0.25) is 0 Å². The molecule has 0 saturated heterocycles. The zero-order chi connectivity index (χ0) is 13.0. The topological polar surface area (TPSA) is 55.1 Å². The van der Waals surface area contributed by atoms with Gasteiger partial charge in [0.2, 0.25) is 5.91 Å². The van der Waals surface area contributed by atoms with Crippen LogP contribution in [0.25, 0.3) is 0 Å². The molecule has 3 nitrogen and oxygen atoms in total. The molecule has 0 atom stereocenters. The largest absolute Gasteiger partial charge is 0.326 e. The lowest BCUT2D eigenvalue weighted by Gasteiger charge is -2.05. The molecule has 1 saturated carbocycles. The summed E-state index contributed by atoms with van der Waals surface area (Å²) >= 11 is 0. The molecule has 3 N–H and O–H groups in total. The van der Waals surface area contributed by atoms with Gasteiger partial charge in [-0.05, 0) is 37.0 Å². The molecule has 1 amide bonds. The maximum atomic E-state index is 13.4. The normalized spacial score (nSPS) is 13.7. The first-order valence-corrected chi connectivity index (χ1v) is 5.97. The van der Waals surface area contributed by atoms with Crippen LogP contribution in [0, 0.1) is 23.6 Å². The lowest BCUT2D eigenvalue weighted by molar-refractivity contribution is -0.116. The first kappa shape index (κ1) is 12.6. The zero-order valence-corrected chi connectivity index (χ0v) is 10.0. The lowest BCUT2D eigenvalue weighted by Crippen LogP contribution is -2.12. The van der Waals surface area contributed by atoms with Gasteiger partial charge in [-0.15, -0.1) is 0 Å². The van der Waals surface area contributed by atoms with Gasteiger partial charge in [0.15, 0.2) is 0 Å². The Morgan fingerprint density at radius 1 is 1.50 bits per heavy atom. The molecule has 1 aliphatic carbocycles. The van der Waals surface area contributed by atoms with Crippen LogP contribution in [0.3, 0.4) is 0 Å². The molecule has 1 aromatic carbocycles. The van der Waals surface area contributed by atoms with E-state index in [9.17, 15) is 9.18 Å². The fraction of sp³-hybridized carbons (Fsp3) is 0.357. The number of rotatable bonds is 3. The predicted molar refractivity (Wildman–Crippen MR) is 68.3 cm³/mol. The van der Waals surface area contributed by atoms with E-state index in [1.54, 1.807) is 0 Å². The monoisotopic (exact) mass is 246 g/mol. The van der Waals surface area contributed by atoms with Gasteiger partial charge >= 0.3 is 0 Å². The van der Waals surface area contributed by atoms with Crippen LogP contribution in [-0.2, 0) is 4.79 Å². The van der Waals surface area contributed by atoms with Crippen molar-refractivity contribution in [3.8, 4) is 11.8 Å². The molecular weight excluding hydrogens is 231 g/mol. The Kier molecular flexibility index (Phi) is 3.96. The first-order valence-electron chi connectivity index (χ1n) is 5.97. The number of halogens is 1. The van der Waals surface area contributed by atoms with Gasteiger partial charge in [-0.1, -0.05) is 11.8 Å². The van der Waals surface area contributed by atoms with Crippen LogP contribution in [-0.4, -0.2) is 12.5 Å². The van der Waals surface area contributed by atoms with Crippen LogP contribution in [0.15, 0.2) is 18.2 Å². The van der Waals surface area contributed by atoms with Crippen LogP contribution in [0.1, 0.15) is 24.8 Å². The summed E-state index contributed by atoms with van der Waals surface area (Å²) in [5.74, 6) is 5.33. The second kappa shape index (κ2) is 5.65. The number of benzene rings is 1. The smallest absolute Gasteiger partial charge is 0.224 e. The average molecular weight is 246 g/mol. The molecule has 1 fully saturated rings. The van der Waals surface area contributed by atoms with E-state index in [1.807, 2.05) is 0 Å². The predicted octanol–water partition coefficient (Wildman–Crippen LogP) is 1.87. The van der Waals surface area contributed by atoms with Crippen LogP contribution in [0.5, 0.6) is 0 Å². The van der Waals surface area contributed by atoms with Crippen molar-refractivity contribution in [1.29, 1.82) is 0 Å². The summed E-state index contributed by atoms with van der Waals surface area (Å²) in [4.78, 5) is 11.6. The van der Waals surface area contributed by atoms with E-state index >= 15 is 0 Å². The van der Waals surface area contributed by atoms with Gasteiger partial charge in [-0.25, -0.2) is 4.39 Å². The summed E-state index contributed by atoms with van der Waals surface area (Å²) in [7, 11) is 0. The fourth-order valence-corrected chi connectivity index (χ4v) is 1.64. The number of amides is 1. The molecule has 2 rings (SSSR count). The molecule has 0 unspecified atom stereocenters. The summed E-state index contributed by atoms with van der Waals surface area (Å²) in [6, 6.07) is 4.36. The van der Waals surface area contributed by atoms with Crippen molar-refractivity contribution >= 4 is 11.6 Å². The Morgan fingerprint density at radius 2 is 2.28 bits per heavy atom. The molecule has 94 valence electrons. The number of hydrogen-bond acceptors (Lipinski definition) is 2. The Morgan fingerprint density at radius 3 is 2.94 bits per heavy atom. The van der Waals surface area contributed by atoms with Crippen LogP contribution >= 0.6 is 0 Å². The van der Waals surface area contributed by atoms with Gasteiger partial charge in [0.25, 0.3) is 0 Å². The van der Waals surface area contributed by atoms with Crippen molar-refractivity contribution in [2.24, 2.45) is 11.7 Å². The maximum Gasteiger partial charge on any atom is 0.224 e. The molecule has 18 heavy (non-hydrogen) atoms. The van der Waals surface area contributed by atoms with Gasteiger partial charge < -0.3 is 11.1 Å². The number of carbonyl (C=O) groups excluding carboxylic acids is 1. The molecule has 0 bridgehead atoms. The molecule has 4 heteroatoms. The van der Waals surface area contributed by atoms with E-state index in [0.29, 0.717) is 18.0 Å². The Balaban J connectivity index is 2.05. The second-order valence-electron chi connectivity index (χ2n) is 4.40. The summed E-state index contributed by atoms with van der Waals surface area (Å²) in [6.45, 7) is 0.178. The number of nitrogens with one attached hydrogen (secondary N) is 1. The minimum atomic E-state index is -0.406. The molecule has 0 aromatic heterocycles. The van der Waals surface area contributed by atoms with E-state index in [1.165, 1.54) is 18.2 Å². The zero-order valence-electron chi connectivity index (χ0n) is 10.0. The minimum absolute atomic E-state index is 0.0261. The van der Waals surface area contributed by atoms with E-state index in [4.69, 9.17) is 5.73 Å². The van der Waals surface area contributed by atoms with Crippen LogP contribution in [0.4, 0.5) is 10.1 Å². The lowest BCUT2D eigenvalue weighted by atomic mass is 10.2. The standard InChI is InChI=1S/C14H15FN2O/c15-13-6-5-12(9-11(13)2-1-7-16)17-14(18)8-10-3-4-10/h5-6,9-10H,3-4,7-8,16H2,(H,17,18). The number of hydrogen-bond donors (Lipinski definition) is 2. The fourth-order valence-electron chi connectivity index (χ4n) is 1.64. The third kappa shape index (κ3) is 3.57. The highest BCUT2D eigenvalue weighted by Crippen LogP contribution is 2.32. The highest BCUT2D eigenvalue weighted by Gasteiger charge is 2.24. The minimum Gasteiger partial charge on any atom is -0.326 e. The number of nitrogens with two attached hydrogens (primary N) is 1. The Hall–Kier alpha value is -1.86. The summed E-state index contributed by atoms with van der Waals surface area (Å²) in [5.41, 5.74) is 6.07. The summed E-state index contributed by atoms with van der Waals surface area (Å²) in [6.07, 6.45) is 2.80. The van der Waals surface area contributed by atoms with Gasteiger partial charge in [0.1, 0.15) is 5.82 Å². The van der Waals surface area contributed by atoms with Crippen LogP contribution < -0.4 is 11.1 Å². The van der Waals surface area contributed by atoms with E-state index in [-0.39, 0.29) is 18.0 Å². The average Bonchev–Trinajstić information content (AvgIpc) is 3.13. The summed E-state index contributed by atoms with van der Waals surface area (Å²) in [5, 5.41) is 2.75. The van der Waals surface area contributed by atoms with Crippen molar-refractivity contribution in [2.75, 3.05) is 11.9 Å². The highest BCUT2D eigenvalue weighted by atomic mass is 19.1. The molecular formula is C14H15FN2O. The molecule has 0 heterocycles. The van der Waals surface area contributed by atoms with Gasteiger partial charge in [0.05, 0.1) is 12.1 Å². The molecule has 0 spiro atoms. The second-order valence-corrected chi connectivity index (χ2v) is 4.40. The maximum absolute atomic E-state index is 13.4. The molecule has 1 aromatic rings. The van der Waals surface area contributed by atoms with Gasteiger partial charge in [-0.2, -0.15) is 0 Å². The van der Waals surface area contributed by atoms with E-state index < -0.39 is 5.82 Å².